The van der Waals surface area contributed by atoms with Crippen molar-refractivity contribution in [3.05, 3.63) is 29.8 Å². The molecular formula is C15H22O3. The number of methoxy groups -OCH3 is 1. The monoisotopic (exact) mass is 250 g/mol. The summed E-state index contributed by atoms with van der Waals surface area (Å²) in [4.78, 5) is 12.1. The molecule has 0 bridgehead atoms. The van der Waals surface area contributed by atoms with Crippen LogP contribution in [0.25, 0.3) is 0 Å². The van der Waals surface area contributed by atoms with E-state index in [0.717, 1.165) is 12.8 Å². The number of benzene rings is 1. The van der Waals surface area contributed by atoms with Gasteiger partial charge in [0, 0.05) is 13.5 Å². The molecule has 0 heterocycles. The van der Waals surface area contributed by atoms with Gasteiger partial charge < -0.3 is 9.47 Å². The third kappa shape index (κ3) is 4.49. The van der Waals surface area contributed by atoms with E-state index in [0.29, 0.717) is 24.3 Å². The molecule has 3 heteroatoms. The average molecular weight is 250 g/mol. The molecule has 0 aliphatic rings. The lowest BCUT2D eigenvalue weighted by molar-refractivity contribution is 0.0874. The summed E-state index contributed by atoms with van der Waals surface area (Å²) in [6.07, 6.45) is 2.26. The minimum atomic E-state index is 0.109. The molecule has 0 spiro atoms. The number of hydrogen-bond acceptors (Lipinski definition) is 3. The molecule has 0 aliphatic heterocycles. The number of ether oxygens (including phenoxy) is 2. The maximum absolute atomic E-state index is 12.1. The number of carbonyl (C=O) groups is 1. The zero-order valence-corrected chi connectivity index (χ0v) is 11.4. The van der Waals surface area contributed by atoms with Crippen molar-refractivity contribution in [2.45, 2.75) is 39.2 Å². The molecule has 1 aromatic rings. The normalized spacial score (nSPS) is 12.2. The van der Waals surface area contributed by atoms with Gasteiger partial charge in [-0.3, -0.25) is 4.79 Å². The third-order valence-corrected chi connectivity index (χ3v) is 2.83. The van der Waals surface area contributed by atoms with Crippen LogP contribution in [0, 0.1) is 0 Å². The molecule has 1 rings (SSSR count). The molecule has 0 saturated heterocycles. The molecule has 18 heavy (non-hydrogen) atoms. The van der Waals surface area contributed by atoms with Crippen molar-refractivity contribution >= 4 is 5.78 Å². The van der Waals surface area contributed by atoms with E-state index in [4.69, 9.17) is 9.47 Å². The van der Waals surface area contributed by atoms with Crippen molar-refractivity contribution in [2.75, 3.05) is 13.7 Å². The number of ketones is 1. The molecular weight excluding hydrogens is 228 g/mol. The summed E-state index contributed by atoms with van der Waals surface area (Å²) < 4.78 is 10.7. The Hall–Kier alpha value is -1.35. The van der Waals surface area contributed by atoms with E-state index in [1.165, 1.54) is 0 Å². The molecule has 1 unspecified atom stereocenters. The molecule has 1 aromatic carbocycles. The first-order valence-electron chi connectivity index (χ1n) is 6.46. The van der Waals surface area contributed by atoms with Gasteiger partial charge in [-0.1, -0.05) is 19.1 Å². The van der Waals surface area contributed by atoms with Crippen LogP contribution < -0.4 is 4.74 Å². The number of carbonyl (C=O) groups excluding carboxylic acids is 1. The van der Waals surface area contributed by atoms with Gasteiger partial charge in [0.15, 0.2) is 5.78 Å². The fraction of sp³-hybridized carbons (Fsp3) is 0.533. The van der Waals surface area contributed by atoms with Crippen LogP contribution in [-0.2, 0) is 4.74 Å². The van der Waals surface area contributed by atoms with Gasteiger partial charge in [0.2, 0.25) is 0 Å². The maximum atomic E-state index is 12.1. The Balaban J connectivity index is 2.66. The van der Waals surface area contributed by atoms with Crippen molar-refractivity contribution in [2.24, 2.45) is 0 Å². The predicted octanol–water partition coefficient (Wildman–Crippen LogP) is 3.47. The second-order valence-corrected chi connectivity index (χ2v) is 4.35. The molecule has 100 valence electrons. The number of para-hydroxylation sites is 1. The molecule has 0 fully saturated rings. The van der Waals surface area contributed by atoms with Crippen molar-refractivity contribution in [3.63, 3.8) is 0 Å². The van der Waals surface area contributed by atoms with E-state index in [-0.39, 0.29) is 11.9 Å². The average Bonchev–Trinajstić information content (AvgIpc) is 2.42. The lowest BCUT2D eigenvalue weighted by Crippen LogP contribution is -2.10. The van der Waals surface area contributed by atoms with Gasteiger partial charge in [0.05, 0.1) is 18.3 Å². The molecule has 0 aromatic heterocycles. The number of rotatable bonds is 8. The van der Waals surface area contributed by atoms with E-state index in [2.05, 4.69) is 0 Å². The fourth-order valence-electron chi connectivity index (χ4n) is 1.62. The summed E-state index contributed by atoms with van der Waals surface area (Å²) in [5.41, 5.74) is 0.675. The molecule has 1 atom stereocenters. The summed E-state index contributed by atoms with van der Waals surface area (Å²) in [7, 11) is 1.66. The molecule has 0 radical (unpaired) electrons. The van der Waals surface area contributed by atoms with Crippen molar-refractivity contribution in [1.82, 2.24) is 0 Å². The van der Waals surface area contributed by atoms with Gasteiger partial charge in [0.25, 0.3) is 0 Å². The van der Waals surface area contributed by atoms with Gasteiger partial charge in [-0.2, -0.15) is 0 Å². The Bertz CT molecular complexity index is 374. The highest BCUT2D eigenvalue weighted by Crippen LogP contribution is 2.21. The van der Waals surface area contributed by atoms with Crippen molar-refractivity contribution in [1.29, 1.82) is 0 Å². The lowest BCUT2D eigenvalue weighted by atomic mass is 10.0. The first kappa shape index (κ1) is 14.7. The lowest BCUT2D eigenvalue weighted by Gasteiger charge is -2.11. The van der Waals surface area contributed by atoms with Crippen LogP contribution in [0.4, 0.5) is 0 Å². The highest BCUT2D eigenvalue weighted by atomic mass is 16.5. The van der Waals surface area contributed by atoms with Crippen LogP contribution in [0.2, 0.25) is 0 Å². The van der Waals surface area contributed by atoms with Crippen molar-refractivity contribution in [3.8, 4) is 5.75 Å². The summed E-state index contributed by atoms with van der Waals surface area (Å²) in [5.74, 6) is 0.806. The smallest absolute Gasteiger partial charge is 0.166 e. The second-order valence-electron chi connectivity index (χ2n) is 4.35. The van der Waals surface area contributed by atoms with Crippen LogP contribution >= 0.6 is 0 Å². The highest BCUT2D eigenvalue weighted by molar-refractivity contribution is 5.98. The molecule has 0 aliphatic carbocycles. The van der Waals surface area contributed by atoms with E-state index in [1.807, 2.05) is 38.1 Å². The van der Waals surface area contributed by atoms with E-state index in [9.17, 15) is 4.79 Å². The predicted molar refractivity (Wildman–Crippen MR) is 72.3 cm³/mol. The molecule has 0 N–H and O–H groups in total. The Morgan fingerprint density at radius 2 is 2.06 bits per heavy atom. The van der Waals surface area contributed by atoms with Gasteiger partial charge >= 0.3 is 0 Å². The van der Waals surface area contributed by atoms with Crippen molar-refractivity contribution < 1.29 is 14.3 Å². The quantitative estimate of drug-likeness (QED) is 0.663. The fourth-order valence-corrected chi connectivity index (χ4v) is 1.62. The van der Waals surface area contributed by atoms with Crippen LogP contribution in [0.1, 0.15) is 43.5 Å². The Kier molecular flexibility index (Phi) is 6.44. The van der Waals surface area contributed by atoms with Crippen LogP contribution in [0.3, 0.4) is 0 Å². The zero-order chi connectivity index (χ0) is 13.4. The highest BCUT2D eigenvalue weighted by Gasteiger charge is 2.13. The molecule has 0 saturated carbocycles. The minimum absolute atomic E-state index is 0.109. The maximum Gasteiger partial charge on any atom is 0.166 e. The van der Waals surface area contributed by atoms with Crippen LogP contribution in [-0.4, -0.2) is 25.6 Å². The summed E-state index contributed by atoms with van der Waals surface area (Å²) in [6.45, 7) is 4.65. The Morgan fingerprint density at radius 3 is 2.72 bits per heavy atom. The van der Waals surface area contributed by atoms with Crippen LogP contribution in [0.15, 0.2) is 24.3 Å². The Morgan fingerprint density at radius 1 is 1.33 bits per heavy atom. The van der Waals surface area contributed by atoms with E-state index < -0.39 is 0 Å². The van der Waals surface area contributed by atoms with Gasteiger partial charge in [-0.25, -0.2) is 0 Å². The van der Waals surface area contributed by atoms with E-state index in [1.54, 1.807) is 7.11 Å². The first-order chi connectivity index (χ1) is 8.69. The minimum Gasteiger partial charge on any atom is -0.493 e. The van der Waals surface area contributed by atoms with Gasteiger partial charge in [0.1, 0.15) is 5.75 Å². The number of hydrogen-bond donors (Lipinski definition) is 0. The van der Waals surface area contributed by atoms with E-state index >= 15 is 0 Å². The summed E-state index contributed by atoms with van der Waals surface area (Å²) in [6, 6.07) is 7.43. The largest absolute Gasteiger partial charge is 0.493 e. The molecule has 3 nitrogen and oxygen atoms in total. The second kappa shape index (κ2) is 7.88. The molecule has 0 amide bonds. The van der Waals surface area contributed by atoms with Gasteiger partial charge in [-0.15, -0.1) is 0 Å². The summed E-state index contributed by atoms with van der Waals surface area (Å²) >= 11 is 0. The SMILES string of the molecule is CCCOc1ccccc1C(=O)CCC(C)OC. The zero-order valence-electron chi connectivity index (χ0n) is 11.4. The third-order valence-electron chi connectivity index (χ3n) is 2.83. The number of Topliss-reactive ketones (excluding diaryl/α,β-unsaturated/α-hetero) is 1. The topological polar surface area (TPSA) is 35.5 Å². The van der Waals surface area contributed by atoms with Crippen LogP contribution in [0.5, 0.6) is 5.75 Å². The standard InChI is InChI=1S/C15H22O3/c1-4-11-18-15-8-6-5-7-13(15)14(16)10-9-12(2)17-3/h5-8,12H,4,9-11H2,1-3H3. The first-order valence-corrected chi connectivity index (χ1v) is 6.46. The van der Waals surface area contributed by atoms with Gasteiger partial charge in [-0.05, 0) is 31.9 Å². The summed E-state index contributed by atoms with van der Waals surface area (Å²) in [5, 5.41) is 0. The Labute approximate surface area is 109 Å².